The average Bonchev–Trinajstić information content (AvgIpc) is 2.71. The number of hydrogen-bond donors (Lipinski definition) is 2. The second-order valence-corrected chi connectivity index (χ2v) is 6.57. The van der Waals surface area contributed by atoms with Crippen LogP contribution in [-0.2, 0) is 0 Å². The normalized spacial score (nSPS) is 22.9. The van der Waals surface area contributed by atoms with Gasteiger partial charge in [0.15, 0.2) is 0 Å². The number of aromatic nitrogens is 2. The summed E-state index contributed by atoms with van der Waals surface area (Å²) in [5.74, 6) is 0.255. The van der Waals surface area contributed by atoms with Gasteiger partial charge in [0.25, 0.3) is 0 Å². The maximum atomic E-state index is 11.3. The molecule has 1 amide bonds. The molecule has 20 heavy (non-hydrogen) atoms. The molecular weight excluding hydrogens is 254 g/mol. The van der Waals surface area contributed by atoms with Crippen molar-refractivity contribution < 1.29 is 9.90 Å². The number of likely N-dealkylation sites (tertiary alicyclic amines) is 1. The number of carbonyl (C=O) groups is 1. The Kier molecular flexibility index (Phi) is 2.74. The molecule has 1 fully saturated rings. The molecule has 2 N–H and O–H groups in total. The van der Waals surface area contributed by atoms with Crippen molar-refractivity contribution in [1.82, 2.24) is 15.1 Å². The van der Waals surface area contributed by atoms with Gasteiger partial charge in [0.05, 0.1) is 11.7 Å². The number of nitrogens with one attached hydrogen (secondary N) is 1. The smallest absolute Gasteiger partial charge is 0.407 e. The third kappa shape index (κ3) is 1.94. The van der Waals surface area contributed by atoms with E-state index in [1.54, 1.807) is 11.1 Å². The van der Waals surface area contributed by atoms with Crippen LogP contribution in [0.3, 0.4) is 0 Å². The highest BCUT2D eigenvalue weighted by molar-refractivity contribution is 5.79. The number of rotatable bonds is 1. The lowest BCUT2D eigenvalue weighted by Crippen LogP contribution is -2.62. The third-order valence-corrected chi connectivity index (χ3v) is 4.14. The van der Waals surface area contributed by atoms with Gasteiger partial charge in [0.2, 0.25) is 0 Å². The number of H-pyrrole nitrogens is 1. The molecule has 2 unspecified atom stereocenters. The van der Waals surface area contributed by atoms with Crippen LogP contribution in [0, 0.1) is 5.41 Å². The molecule has 1 saturated heterocycles. The van der Waals surface area contributed by atoms with E-state index in [-0.39, 0.29) is 17.4 Å². The summed E-state index contributed by atoms with van der Waals surface area (Å²) in [7, 11) is 0. The van der Waals surface area contributed by atoms with Crippen molar-refractivity contribution in [3.63, 3.8) is 0 Å². The quantitative estimate of drug-likeness (QED) is 0.839. The molecule has 1 aliphatic heterocycles. The van der Waals surface area contributed by atoms with Gasteiger partial charge in [-0.1, -0.05) is 26.8 Å². The molecule has 0 saturated carbocycles. The van der Waals surface area contributed by atoms with Crippen LogP contribution >= 0.6 is 0 Å². The molecule has 3 rings (SSSR count). The van der Waals surface area contributed by atoms with Crippen LogP contribution in [-0.4, -0.2) is 38.9 Å². The Morgan fingerprint density at radius 2 is 2.20 bits per heavy atom. The molecule has 2 atom stereocenters. The van der Waals surface area contributed by atoms with E-state index in [4.69, 9.17) is 0 Å². The van der Waals surface area contributed by atoms with Gasteiger partial charge in [0, 0.05) is 23.9 Å². The summed E-state index contributed by atoms with van der Waals surface area (Å²) in [4.78, 5) is 12.8. The Labute approximate surface area is 117 Å². The van der Waals surface area contributed by atoms with Gasteiger partial charge in [-0.05, 0) is 23.1 Å². The number of fused-ring (bicyclic) bond motifs is 1. The second-order valence-electron chi connectivity index (χ2n) is 6.57. The lowest BCUT2D eigenvalue weighted by Gasteiger charge is -2.53. The van der Waals surface area contributed by atoms with Crippen molar-refractivity contribution in [2.24, 2.45) is 5.41 Å². The molecular formula is C15H19N3O2. The summed E-state index contributed by atoms with van der Waals surface area (Å²) < 4.78 is 0. The fraction of sp³-hybridized carbons (Fsp3) is 0.467. The van der Waals surface area contributed by atoms with E-state index in [9.17, 15) is 9.90 Å². The highest BCUT2D eigenvalue weighted by atomic mass is 16.4. The van der Waals surface area contributed by atoms with Crippen LogP contribution < -0.4 is 0 Å². The summed E-state index contributed by atoms with van der Waals surface area (Å²) in [6.07, 6.45) is 0.976. The number of nitrogens with zero attached hydrogens (tertiary/aromatic N) is 2. The Hall–Kier alpha value is -2.04. The Balaban J connectivity index is 1.95. The van der Waals surface area contributed by atoms with E-state index < -0.39 is 6.09 Å². The highest BCUT2D eigenvalue weighted by Crippen LogP contribution is 2.44. The van der Waals surface area contributed by atoms with E-state index in [1.165, 1.54) is 5.56 Å². The minimum atomic E-state index is -0.828. The first-order valence-corrected chi connectivity index (χ1v) is 6.80. The molecule has 2 aromatic rings. The van der Waals surface area contributed by atoms with Crippen molar-refractivity contribution in [2.45, 2.75) is 32.7 Å². The Morgan fingerprint density at radius 3 is 2.85 bits per heavy atom. The third-order valence-electron chi connectivity index (χ3n) is 4.14. The first-order chi connectivity index (χ1) is 9.38. The molecule has 5 heteroatoms. The van der Waals surface area contributed by atoms with Gasteiger partial charge in [0.1, 0.15) is 0 Å². The fourth-order valence-corrected chi connectivity index (χ4v) is 3.25. The van der Waals surface area contributed by atoms with E-state index in [0.29, 0.717) is 6.54 Å². The van der Waals surface area contributed by atoms with E-state index in [0.717, 1.165) is 10.9 Å². The standard InChI is InChI=1S/C15H19N3O2/c1-15(2,3)13-11(8-18(13)14(19)20)9-4-5-12-10(6-9)7-16-17-12/h4-7,11,13H,8H2,1-3H3,(H,16,17)(H,19,20). The van der Waals surface area contributed by atoms with Crippen LogP contribution in [0.15, 0.2) is 24.4 Å². The summed E-state index contributed by atoms with van der Waals surface area (Å²) in [6.45, 7) is 6.85. The molecule has 106 valence electrons. The predicted molar refractivity (Wildman–Crippen MR) is 76.8 cm³/mol. The van der Waals surface area contributed by atoms with Crippen LogP contribution in [0.5, 0.6) is 0 Å². The average molecular weight is 273 g/mol. The summed E-state index contributed by atoms with van der Waals surface area (Å²) >= 11 is 0. The van der Waals surface area contributed by atoms with Crippen LogP contribution in [0.1, 0.15) is 32.3 Å². The van der Waals surface area contributed by atoms with Crippen LogP contribution in [0.2, 0.25) is 0 Å². The number of benzene rings is 1. The van der Waals surface area contributed by atoms with Gasteiger partial charge in [-0.25, -0.2) is 4.79 Å². The predicted octanol–water partition coefficient (Wildman–Crippen LogP) is 3.05. The zero-order chi connectivity index (χ0) is 14.5. The molecule has 1 aromatic carbocycles. The maximum absolute atomic E-state index is 11.3. The molecule has 0 aliphatic carbocycles. The van der Waals surface area contributed by atoms with Crippen LogP contribution in [0.4, 0.5) is 4.79 Å². The zero-order valence-electron chi connectivity index (χ0n) is 11.9. The fourth-order valence-electron chi connectivity index (χ4n) is 3.25. The summed E-state index contributed by atoms with van der Waals surface area (Å²) in [5, 5.41) is 17.3. The SMILES string of the molecule is CC(C)(C)C1C(c2ccc3[nH]ncc3c2)CN1C(=O)O. The Morgan fingerprint density at radius 1 is 1.45 bits per heavy atom. The first kappa shape index (κ1) is 13.0. The maximum Gasteiger partial charge on any atom is 0.407 e. The summed E-state index contributed by atoms with van der Waals surface area (Å²) in [6, 6.07) is 6.22. The van der Waals surface area contributed by atoms with E-state index in [1.807, 2.05) is 6.07 Å². The van der Waals surface area contributed by atoms with Crippen molar-refractivity contribution in [3.05, 3.63) is 30.0 Å². The zero-order valence-corrected chi connectivity index (χ0v) is 11.9. The summed E-state index contributed by atoms with van der Waals surface area (Å²) in [5.41, 5.74) is 2.12. The topological polar surface area (TPSA) is 69.2 Å². The number of aromatic amines is 1. The van der Waals surface area contributed by atoms with Gasteiger partial charge in [-0.2, -0.15) is 5.10 Å². The van der Waals surface area contributed by atoms with Crippen molar-refractivity contribution in [2.75, 3.05) is 6.54 Å². The number of carboxylic acid groups (broad SMARTS) is 1. The minimum absolute atomic E-state index is 0.0179. The monoisotopic (exact) mass is 273 g/mol. The lowest BCUT2D eigenvalue weighted by atomic mass is 9.69. The van der Waals surface area contributed by atoms with E-state index in [2.05, 4.69) is 43.1 Å². The van der Waals surface area contributed by atoms with E-state index >= 15 is 0 Å². The molecule has 0 spiro atoms. The lowest BCUT2D eigenvalue weighted by molar-refractivity contribution is -0.00157. The van der Waals surface area contributed by atoms with Gasteiger partial charge >= 0.3 is 6.09 Å². The Bertz CT molecular complexity index is 656. The van der Waals surface area contributed by atoms with Crippen molar-refractivity contribution >= 4 is 17.0 Å². The van der Waals surface area contributed by atoms with Crippen molar-refractivity contribution in [1.29, 1.82) is 0 Å². The molecule has 1 aliphatic rings. The second kappa shape index (κ2) is 4.23. The number of hydrogen-bond acceptors (Lipinski definition) is 2. The highest BCUT2D eigenvalue weighted by Gasteiger charge is 2.48. The molecule has 0 radical (unpaired) electrons. The van der Waals surface area contributed by atoms with Crippen LogP contribution in [0.25, 0.3) is 10.9 Å². The largest absolute Gasteiger partial charge is 0.465 e. The molecule has 1 aromatic heterocycles. The first-order valence-electron chi connectivity index (χ1n) is 6.80. The van der Waals surface area contributed by atoms with Gasteiger partial charge in [-0.15, -0.1) is 0 Å². The minimum Gasteiger partial charge on any atom is -0.465 e. The molecule has 5 nitrogen and oxygen atoms in total. The molecule has 0 bridgehead atoms. The van der Waals surface area contributed by atoms with Crippen molar-refractivity contribution in [3.8, 4) is 0 Å². The van der Waals surface area contributed by atoms with Gasteiger partial charge in [-0.3, -0.25) is 5.10 Å². The number of amides is 1. The van der Waals surface area contributed by atoms with Gasteiger partial charge < -0.3 is 10.0 Å². The molecule has 2 heterocycles.